The Labute approximate surface area is 123 Å². The Hall–Kier alpha value is -2.30. The van der Waals surface area contributed by atoms with Crippen LogP contribution < -0.4 is 5.32 Å². The maximum Gasteiger partial charge on any atom is 0.329 e. The Morgan fingerprint density at radius 1 is 1.33 bits per heavy atom. The van der Waals surface area contributed by atoms with Crippen molar-refractivity contribution in [3.05, 3.63) is 36.0 Å². The number of carboxylic acid groups (broad SMARTS) is 1. The molecule has 1 heterocycles. The Kier molecular flexibility index (Phi) is 4.31. The van der Waals surface area contributed by atoms with E-state index in [9.17, 15) is 14.7 Å². The molecule has 112 valence electrons. The standard InChI is InChI=1S/C16H20N2O3/c1-3-8-16(2,15(20)21)18-14(19)9-11-10-17-13-7-5-4-6-12(11)13/h4-7,10,17H,3,8-9H2,1-2H3,(H,18,19)(H,20,21). The number of H-pyrrole nitrogens is 1. The summed E-state index contributed by atoms with van der Waals surface area (Å²) in [7, 11) is 0. The lowest BCUT2D eigenvalue weighted by atomic mass is 9.96. The minimum atomic E-state index is -1.21. The van der Waals surface area contributed by atoms with E-state index in [4.69, 9.17) is 0 Å². The molecule has 2 aromatic rings. The van der Waals surface area contributed by atoms with Crippen molar-refractivity contribution in [2.75, 3.05) is 0 Å². The number of aromatic nitrogens is 1. The third-order valence-electron chi connectivity index (χ3n) is 3.66. The number of aliphatic carboxylic acids is 1. The Morgan fingerprint density at radius 3 is 2.71 bits per heavy atom. The van der Waals surface area contributed by atoms with E-state index in [1.165, 1.54) is 0 Å². The van der Waals surface area contributed by atoms with Gasteiger partial charge in [-0.2, -0.15) is 0 Å². The van der Waals surface area contributed by atoms with Crippen LogP contribution in [0.5, 0.6) is 0 Å². The molecular formula is C16H20N2O3. The van der Waals surface area contributed by atoms with Gasteiger partial charge in [0.1, 0.15) is 5.54 Å². The molecule has 0 aliphatic carbocycles. The van der Waals surface area contributed by atoms with Gasteiger partial charge in [-0.15, -0.1) is 0 Å². The zero-order valence-corrected chi connectivity index (χ0v) is 12.3. The van der Waals surface area contributed by atoms with Gasteiger partial charge in [0.2, 0.25) is 5.91 Å². The number of hydrogen-bond donors (Lipinski definition) is 3. The van der Waals surface area contributed by atoms with Crippen molar-refractivity contribution in [2.24, 2.45) is 0 Å². The highest BCUT2D eigenvalue weighted by atomic mass is 16.4. The number of carbonyl (C=O) groups excluding carboxylic acids is 1. The van der Waals surface area contributed by atoms with Gasteiger partial charge in [-0.05, 0) is 25.0 Å². The van der Waals surface area contributed by atoms with Crippen LogP contribution >= 0.6 is 0 Å². The average Bonchev–Trinajstić information content (AvgIpc) is 2.82. The number of carboxylic acids is 1. The molecule has 1 atom stereocenters. The van der Waals surface area contributed by atoms with Crippen LogP contribution in [0, 0.1) is 0 Å². The Bertz CT molecular complexity index is 662. The normalized spacial score (nSPS) is 13.8. The van der Waals surface area contributed by atoms with Gasteiger partial charge in [0.25, 0.3) is 0 Å². The van der Waals surface area contributed by atoms with Crippen molar-refractivity contribution in [1.29, 1.82) is 0 Å². The molecule has 5 nitrogen and oxygen atoms in total. The first-order valence-electron chi connectivity index (χ1n) is 7.05. The third-order valence-corrected chi connectivity index (χ3v) is 3.66. The molecule has 0 bridgehead atoms. The lowest BCUT2D eigenvalue weighted by molar-refractivity contribution is -0.147. The molecule has 0 aliphatic heterocycles. The summed E-state index contributed by atoms with van der Waals surface area (Å²) in [4.78, 5) is 26.6. The van der Waals surface area contributed by atoms with Gasteiger partial charge in [0.15, 0.2) is 0 Å². The summed E-state index contributed by atoms with van der Waals surface area (Å²) >= 11 is 0. The van der Waals surface area contributed by atoms with Crippen LogP contribution in [0.1, 0.15) is 32.3 Å². The molecule has 1 aromatic carbocycles. The van der Waals surface area contributed by atoms with Crippen LogP contribution in [-0.2, 0) is 16.0 Å². The van der Waals surface area contributed by atoms with Crippen molar-refractivity contribution < 1.29 is 14.7 Å². The van der Waals surface area contributed by atoms with Gasteiger partial charge < -0.3 is 15.4 Å². The Morgan fingerprint density at radius 2 is 2.05 bits per heavy atom. The highest BCUT2D eigenvalue weighted by Crippen LogP contribution is 2.19. The highest BCUT2D eigenvalue weighted by molar-refractivity contribution is 5.91. The number of amides is 1. The van der Waals surface area contributed by atoms with Crippen LogP contribution in [0.2, 0.25) is 0 Å². The molecule has 0 saturated carbocycles. The predicted octanol–water partition coefficient (Wildman–Crippen LogP) is 2.47. The van der Waals surface area contributed by atoms with E-state index in [1.54, 1.807) is 13.1 Å². The first kappa shape index (κ1) is 15.1. The van der Waals surface area contributed by atoms with Crippen molar-refractivity contribution in [1.82, 2.24) is 10.3 Å². The smallest absolute Gasteiger partial charge is 0.329 e. The SMILES string of the molecule is CCCC(C)(NC(=O)Cc1c[nH]c2ccccc12)C(=O)O. The van der Waals surface area contributed by atoms with Crippen LogP contribution in [-0.4, -0.2) is 27.5 Å². The van der Waals surface area contributed by atoms with E-state index in [2.05, 4.69) is 10.3 Å². The number of aromatic amines is 1. The van der Waals surface area contributed by atoms with E-state index in [1.807, 2.05) is 31.2 Å². The molecule has 21 heavy (non-hydrogen) atoms. The molecule has 3 N–H and O–H groups in total. The van der Waals surface area contributed by atoms with E-state index >= 15 is 0 Å². The van der Waals surface area contributed by atoms with E-state index in [0.717, 1.165) is 16.5 Å². The molecule has 1 aromatic heterocycles. The summed E-state index contributed by atoms with van der Waals surface area (Å²) in [5, 5.41) is 12.9. The second kappa shape index (κ2) is 5.99. The first-order chi connectivity index (χ1) is 9.96. The molecule has 1 amide bonds. The number of nitrogens with one attached hydrogen (secondary N) is 2. The third kappa shape index (κ3) is 3.24. The zero-order valence-electron chi connectivity index (χ0n) is 12.3. The van der Waals surface area contributed by atoms with Gasteiger partial charge in [-0.3, -0.25) is 4.79 Å². The second-order valence-corrected chi connectivity index (χ2v) is 5.47. The van der Waals surface area contributed by atoms with Crippen molar-refractivity contribution in [3.63, 3.8) is 0 Å². The number of carbonyl (C=O) groups is 2. The summed E-state index contributed by atoms with van der Waals surface area (Å²) < 4.78 is 0. The van der Waals surface area contributed by atoms with Gasteiger partial charge in [-0.25, -0.2) is 4.79 Å². The van der Waals surface area contributed by atoms with Gasteiger partial charge >= 0.3 is 5.97 Å². The van der Waals surface area contributed by atoms with Crippen LogP contribution in [0.4, 0.5) is 0 Å². The molecule has 0 aliphatic rings. The quantitative estimate of drug-likeness (QED) is 0.763. The minimum Gasteiger partial charge on any atom is -0.480 e. The van der Waals surface area contributed by atoms with E-state index in [-0.39, 0.29) is 12.3 Å². The Balaban J connectivity index is 2.12. The summed E-state index contributed by atoms with van der Waals surface area (Å²) in [6, 6.07) is 7.72. The summed E-state index contributed by atoms with van der Waals surface area (Å²) in [6.07, 6.45) is 3.05. The number of rotatable bonds is 6. The summed E-state index contributed by atoms with van der Waals surface area (Å²) in [6.45, 7) is 3.44. The fourth-order valence-electron chi connectivity index (χ4n) is 2.53. The topological polar surface area (TPSA) is 82.2 Å². The van der Waals surface area contributed by atoms with Crippen LogP contribution in [0.15, 0.2) is 30.5 Å². The first-order valence-corrected chi connectivity index (χ1v) is 7.05. The molecule has 2 rings (SSSR count). The average molecular weight is 288 g/mol. The monoisotopic (exact) mass is 288 g/mol. The number of para-hydroxylation sites is 1. The maximum absolute atomic E-state index is 12.2. The highest BCUT2D eigenvalue weighted by Gasteiger charge is 2.33. The van der Waals surface area contributed by atoms with Gasteiger partial charge in [0.05, 0.1) is 6.42 Å². The molecule has 0 fully saturated rings. The van der Waals surface area contributed by atoms with E-state index in [0.29, 0.717) is 12.8 Å². The summed E-state index contributed by atoms with van der Waals surface area (Å²) in [5.74, 6) is -1.28. The second-order valence-electron chi connectivity index (χ2n) is 5.47. The van der Waals surface area contributed by atoms with Crippen LogP contribution in [0.3, 0.4) is 0 Å². The number of fused-ring (bicyclic) bond motifs is 1. The lowest BCUT2D eigenvalue weighted by Crippen LogP contribution is -2.52. The fraction of sp³-hybridized carbons (Fsp3) is 0.375. The summed E-state index contributed by atoms with van der Waals surface area (Å²) in [5.41, 5.74) is 0.625. The molecule has 5 heteroatoms. The maximum atomic E-state index is 12.2. The fourth-order valence-corrected chi connectivity index (χ4v) is 2.53. The van der Waals surface area contributed by atoms with E-state index < -0.39 is 11.5 Å². The zero-order chi connectivity index (χ0) is 15.5. The molecule has 0 radical (unpaired) electrons. The van der Waals surface area contributed by atoms with Crippen LogP contribution in [0.25, 0.3) is 10.9 Å². The number of benzene rings is 1. The van der Waals surface area contributed by atoms with Crippen molar-refractivity contribution in [2.45, 2.75) is 38.6 Å². The molecular weight excluding hydrogens is 268 g/mol. The molecule has 0 saturated heterocycles. The number of hydrogen-bond acceptors (Lipinski definition) is 2. The largest absolute Gasteiger partial charge is 0.480 e. The van der Waals surface area contributed by atoms with Gasteiger partial charge in [-0.1, -0.05) is 31.5 Å². The lowest BCUT2D eigenvalue weighted by Gasteiger charge is -2.25. The van der Waals surface area contributed by atoms with Gasteiger partial charge in [0, 0.05) is 17.1 Å². The van der Waals surface area contributed by atoms with Crippen molar-refractivity contribution in [3.8, 4) is 0 Å². The predicted molar refractivity (Wildman–Crippen MR) is 81.1 cm³/mol. The molecule has 0 spiro atoms. The molecule has 1 unspecified atom stereocenters. The van der Waals surface area contributed by atoms with Crippen molar-refractivity contribution >= 4 is 22.8 Å². The minimum absolute atomic E-state index is 0.163.